The van der Waals surface area contributed by atoms with E-state index in [1.807, 2.05) is 23.9 Å². The van der Waals surface area contributed by atoms with E-state index in [9.17, 15) is 4.79 Å². The maximum absolute atomic E-state index is 11.8. The summed E-state index contributed by atoms with van der Waals surface area (Å²) in [5, 5.41) is 11.3. The van der Waals surface area contributed by atoms with Gasteiger partial charge < -0.3 is 5.32 Å². The molecule has 6 heteroatoms. The van der Waals surface area contributed by atoms with Crippen LogP contribution in [0.2, 0.25) is 0 Å². The molecule has 1 aliphatic carbocycles. The average molecular weight is 259 g/mol. The smallest absolute Gasteiger partial charge is 0.246 e. The second-order valence-corrected chi connectivity index (χ2v) is 5.10. The van der Waals surface area contributed by atoms with Gasteiger partial charge in [-0.2, -0.15) is 10.2 Å². The second kappa shape index (κ2) is 4.87. The number of hydrogen-bond acceptors (Lipinski definition) is 3. The summed E-state index contributed by atoms with van der Waals surface area (Å²) in [6.45, 7) is 3.08. The molecule has 1 saturated carbocycles. The molecule has 3 rings (SSSR count). The normalized spacial score (nSPS) is 14.6. The van der Waals surface area contributed by atoms with Gasteiger partial charge in [-0.25, -0.2) is 0 Å². The molecule has 0 unspecified atom stereocenters. The van der Waals surface area contributed by atoms with Gasteiger partial charge in [0.15, 0.2) is 0 Å². The van der Waals surface area contributed by atoms with Gasteiger partial charge in [-0.3, -0.25) is 14.2 Å². The Bertz CT molecular complexity index is 581. The van der Waals surface area contributed by atoms with E-state index in [1.54, 1.807) is 17.1 Å². The lowest BCUT2D eigenvalue weighted by atomic mass is 10.4. The number of aryl methyl sites for hydroxylation is 1. The monoisotopic (exact) mass is 259 g/mol. The van der Waals surface area contributed by atoms with Crippen molar-refractivity contribution in [2.45, 2.75) is 32.9 Å². The fourth-order valence-electron chi connectivity index (χ4n) is 1.99. The number of carbonyl (C=O) groups excluding carboxylic acids is 1. The zero-order valence-electron chi connectivity index (χ0n) is 10.9. The molecule has 0 radical (unpaired) electrons. The van der Waals surface area contributed by atoms with E-state index in [1.165, 1.54) is 12.8 Å². The molecule has 1 amide bonds. The SMILES string of the molecule is Cc1ccn(CC(=O)Nc2cnn(CC3CC3)c2)n1. The molecule has 0 bridgehead atoms. The number of anilines is 1. The van der Waals surface area contributed by atoms with E-state index in [0.717, 1.165) is 23.8 Å². The fraction of sp³-hybridized carbons (Fsp3) is 0.462. The van der Waals surface area contributed by atoms with Gasteiger partial charge >= 0.3 is 0 Å². The first-order valence-corrected chi connectivity index (χ1v) is 6.51. The van der Waals surface area contributed by atoms with Crippen LogP contribution >= 0.6 is 0 Å². The summed E-state index contributed by atoms with van der Waals surface area (Å²) >= 11 is 0. The van der Waals surface area contributed by atoms with Crippen molar-refractivity contribution in [3.05, 3.63) is 30.4 Å². The molecule has 0 aliphatic heterocycles. The van der Waals surface area contributed by atoms with E-state index in [4.69, 9.17) is 0 Å². The highest BCUT2D eigenvalue weighted by Gasteiger charge is 2.22. The first-order valence-electron chi connectivity index (χ1n) is 6.51. The van der Waals surface area contributed by atoms with E-state index < -0.39 is 0 Å². The Hall–Kier alpha value is -2.11. The van der Waals surface area contributed by atoms with E-state index in [2.05, 4.69) is 15.5 Å². The molecule has 0 atom stereocenters. The predicted octanol–water partition coefficient (Wildman–Crippen LogP) is 1.44. The van der Waals surface area contributed by atoms with Gasteiger partial charge in [-0.05, 0) is 31.7 Å². The minimum Gasteiger partial charge on any atom is -0.322 e. The third kappa shape index (κ3) is 3.21. The van der Waals surface area contributed by atoms with E-state index in [0.29, 0.717) is 0 Å². The summed E-state index contributed by atoms with van der Waals surface area (Å²) in [5.41, 5.74) is 1.65. The van der Waals surface area contributed by atoms with Gasteiger partial charge in [0, 0.05) is 18.9 Å². The number of hydrogen-bond donors (Lipinski definition) is 1. The number of nitrogens with one attached hydrogen (secondary N) is 1. The molecular formula is C13H17N5O. The van der Waals surface area contributed by atoms with Crippen LogP contribution in [-0.4, -0.2) is 25.5 Å². The fourth-order valence-corrected chi connectivity index (χ4v) is 1.99. The van der Waals surface area contributed by atoms with Gasteiger partial charge in [0.2, 0.25) is 5.91 Å². The zero-order chi connectivity index (χ0) is 13.2. The maximum atomic E-state index is 11.8. The minimum absolute atomic E-state index is 0.0888. The third-order valence-corrected chi connectivity index (χ3v) is 3.14. The summed E-state index contributed by atoms with van der Waals surface area (Å²) in [5.74, 6) is 0.685. The highest BCUT2D eigenvalue weighted by atomic mass is 16.2. The maximum Gasteiger partial charge on any atom is 0.246 e. The van der Waals surface area contributed by atoms with Crippen LogP contribution in [0.25, 0.3) is 0 Å². The highest BCUT2D eigenvalue weighted by molar-refractivity contribution is 5.90. The molecule has 1 N–H and O–H groups in total. The molecule has 2 aromatic rings. The Morgan fingerprint density at radius 1 is 1.47 bits per heavy atom. The Morgan fingerprint density at radius 2 is 2.32 bits per heavy atom. The van der Waals surface area contributed by atoms with E-state index in [-0.39, 0.29) is 12.5 Å². The van der Waals surface area contributed by atoms with Gasteiger partial charge in [-0.1, -0.05) is 0 Å². The Morgan fingerprint density at radius 3 is 3.00 bits per heavy atom. The topological polar surface area (TPSA) is 64.7 Å². The molecule has 19 heavy (non-hydrogen) atoms. The number of rotatable bonds is 5. The van der Waals surface area contributed by atoms with Crippen molar-refractivity contribution < 1.29 is 4.79 Å². The number of aromatic nitrogens is 4. The lowest BCUT2D eigenvalue weighted by molar-refractivity contribution is -0.116. The van der Waals surface area contributed by atoms with Gasteiger partial charge in [0.25, 0.3) is 0 Å². The summed E-state index contributed by atoms with van der Waals surface area (Å²) in [6, 6.07) is 1.88. The van der Waals surface area contributed by atoms with Crippen molar-refractivity contribution in [3.63, 3.8) is 0 Å². The van der Waals surface area contributed by atoms with Crippen molar-refractivity contribution in [2.24, 2.45) is 5.92 Å². The largest absolute Gasteiger partial charge is 0.322 e. The molecule has 0 saturated heterocycles. The molecule has 100 valence electrons. The van der Waals surface area contributed by atoms with Crippen molar-refractivity contribution >= 4 is 11.6 Å². The molecule has 6 nitrogen and oxygen atoms in total. The van der Waals surface area contributed by atoms with Gasteiger partial charge in [0.05, 0.1) is 17.6 Å². The predicted molar refractivity (Wildman–Crippen MR) is 70.5 cm³/mol. The van der Waals surface area contributed by atoms with Crippen LogP contribution in [0.1, 0.15) is 18.5 Å². The molecule has 2 heterocycles. The molecule has 0 aromatic carbocycles. The summed E-state index contributed by atoms with van der Waals surface area (Å²) < 4.78 is 3.52. The zero-order valence-corrected chi connectivity index (χ0v) is 10.9. The van der Waals surface area contributed by atoms with Crippen LogP contribution in [0.5, 0.6) is 0 Å². The lowest BCUT2D eigenvalue weighted by Gasteiger charge is -2.02. The van der Waals surface area contributed by atoms with Crippen molar-refractivity contribution in [1.82, 2.24) is 19.6 Å². The molecule has 1 aliphatic rings. The lowest BCUT2D eigenvalue weighted by Crippen LogP contribution is -2.18. The van der Waals surface area contributed by atoms with Crippen molar-refractivity contribution in [1.29, 1.82) is 0 Å². The van der Waals surface area contributed by atoms with Crippen LogP contribution in [0, 0.1) is 12.8 Å². The first-order chi connectivity index (χ1) is 9.19. The third-order valence-electron chi connectivity index (χ3n) is 3.14. The van der Waals surface area contributed by atoms with Crippen LogP contribution in [0.3, 0.4) is 0 Å². The number of amides is 1. The van der Waals surface area contributed by atoms with Crippen molar-refractivity contribution in [3.8, 4) is 0 Å². The Balaban J connectivity index is 1.54. The number of nitrogens with zero attached hydrogens (tertiary/aromatic N) is 4. The van der Waals surface area contributed by atoms with Crippen LogP contribution in [0.15, 0.2) is 24.7 Å². The standard InChI is InChI=1S/C13H17N5O/c1-10-4-5-17(16-10)9-13(19)15-12-6-14-18(8-12)7-11-2-3-11/h4-6,8,11H,2-3,7,9H2,1H3,(H,15,19). The quantitative estimate of drug-likeness (QED) is 0.883. The van der Waals surface area contributed by atoms with Crippen molar-refractivity contribution in [2.75, 3.05) is 5.32 Å². The van der Waals surface area contributed by atoms with Crippen LogP contribution in [0.4, 0.5) is 5.69 Å². The van der Waals surface area contributed by atoms with Gasteiger partial charge in [-0.15, -0.1) is 0 Å². The second-order valence-electron chi connectivity index (χ2n) is 5.10. The molecule has 1 fully saturated rings. The molecule has 2 aromatic heterocycles. The van der Waals surface area contributed by atoms with Crippen LogP contribution < -0.4 is 5.32 Å². The van der Waals surface area contributed by atoms with Gasteiger partial charge in [0.1, 0.15) is 6.54 Å². The Kier molecular flexibility index (Phi) is 3.06. The van der Waals surface area contributed by atoms with Crippen LogP contribution in [-0.2, 0) is 17.9 Å². The van der Waals surface area contributed by atoms with E-state index >= 15 is 0 Å². The average Bonchev–Trinajstić information content (AvgIpc) is 2.91. The summed E-state index contributed by atoms with van der Waals surface area (Å²) in [4.78, 5) is 11.8. The molecule has 0 spiro atoms. The summed E-state index contributed by atoms with van der Waals surface area (Å²) in [6.07, 6.45) is 7.95. The number of carbonyl (C=O) groups is 1. The molecular weight excluding hydrogens is 242 g/mol. The first kappa shape index (κ1) is 12.0. The Labute approximate surface area is 111 Å². The minimum atomic E-state index is -0.0888. The summed E-state index contributed by atoms with van der Waals surface area (Å²) in [7, 11) is 0. The highest BCUT2D eigenvalue weighted by Crippen LogP contribution is 2.30.